The van der Waals surface area contributed by atoms with Crippen LogP contribution in [0.4, 0.5) is 0 Å². The molecule has 0 saturated heterocycles. The summed E-state index contributed by atoms with van der Waals surface area (Å²) in [5.74, 6) is 0. The minimum Gasteiger partial charge on any atom is -0.390 e. The quantitative estimate of drug-likeness (QED) is 0.603. The van der Waals surface area contributed by atoms with E-state index < -0.39 is 11.7 Å². The fourth-order valence-electron chi connectivity index (χ4n) is 3.26. The van der Waals surface area contributed by atoms with E-state index in [0.29, 0.717) is 0 Å². The molecule has 13 heavy (non-hydrogen) atoms. The van der Waals surface area contributed by atoms with Gasteiger partial charge in [-0.05, 0) is 31.1 Å². The first kappa shape index (κ1) is 9.47. The molecule has 2 aliphatic rings. The van der Waals surface area contributed by atoms with Crippen molar-refractivity contribution in [2.24, 2.45) is 5.41 Å². The molecular weight excluding hydrogens is 164 g/mol. The van der Waals surface area contributed by atoms with Crippen LogP contribution in [0.1, 0.15) is 51.9 Å². The zero-order valence-corrected chi connectivity index (χ0v) is 8.42. The van der Waals surface area contributed by atoms with Crippen molar-refractivity contribution in [3.05, 3.63) is 0 Å². The summed E-state index contributed by atoms with van der Waals surface area (Å²) in [7, 11) is 0. The lowest BCUT2D eigenvalue weighted by molar-refractivity contribution is -0.196. The maximum absolute atomic E-state index is 10.5. The molecule has 0 bridgehead atoms. The molecule has 2 aliphatic carbocycles. The van der Waals surface area contributed by atoms with Crippen LogP contribution in [0.5, 0.6) is 0 Å². The van der Waals surface area contributed by atoms with Crippen molar-refractivity contribution in [3.8, 4) is 0 Å². The third-order valence-corrected chi connectivity index (χ3v) is 4.34. The van der Waals surface area contributed by atoms with Crippen LogP contribution in [0, 0.1) is 5.41 Å². The van der Waals surface area contributed by atoms with Gasteiger partial charge in [0.2, 0.25) is 0 Å². The van der Waals surface area contributed by atoms with E-state index in [0.717, 1.165) is 38.5 Å². The molecule has 2 saturated carbocycles. The highest BCUT2D eigenvalue weighted by Gasteiger charge is 2.54. The lowest BCUT2D eigenvalue weighted by Gasteiger charge is -2.54. The second-order valence-corrected chi connectivity index (χ2v) is 5.10. The van der Waals surface area contributed by atoms with Crippen LogP contribution in [0.2, 0.25) is 0 Å². The second kappa shape index (κ2) is 2.96. The maximum atomic E-state index is 10.5. The molecule has 0 spiro atoms. The Labute approximate surface area is 80.0 Å². The Morgan fingerprint density at radius 3 is 2.38 bits per heavy atom. The summed E-state index contributed by atoms with van der Waals surface area (Å²) in [6.45, 7) is 2.15. The van der Waals surface area contributed by atoms with Gasteiger partial charge in [-0.25, -0.2) is 0 Å². The lowest BCUT2D eigenvalue weighted by atomic mass is 9.56. The van der Waals surface area contributed by atoms with Crippen molar-refractivity contribution in [2.45, 2.75) is 63.6 Å². The normalized spacial score (nSPS) is 51.5. The van der Waals surface area contributed by atoms with Gasteiger partial charge in [0, 0.05) is 0 Å². The van der Waals surface area contributed by atoms with Gasteiger partial charge in [-0.3, -0.25) is 0 Å². The Morgan fingerprint density at radius 2 is 1.69 bits per heavy atom. The average molecular weight is 184 g/mol. The average Bonchev–Trinajstić information content (AvgIpc) is 2.09. The zero-order chi connectivity index (χ0) is 9.53. The van der Waals surface area contributed by atoms with Gasteiger partial charge in [-0.15, -0.1) is 0 Å². The standard InChI is InChI=1S/C11H20O2/c1-10-6-2-3-8-11(10,13)9(12)5-4-7-10/h9,12-13H,2-8H2,1H3/t9-,10+,11+/m1/s1. The predicted molar refractivity (Wildman–Crippen MR) is 51.4 cm³/mol. The Hall–Kier alpha value is -0.0800. The van der Waals surface area contributed by atoms with Crippen LogP contribution >= 0.6 is 0 Å². The van der Waals surface area contributed by atoms with E-state index >= 15 is 0 Å². The van der Waals surface area contributed by atoms with Crippen molar-refractivity contribution in [1.82, 2.24) is 0 Å². The molecule has 0 aromatic heterocycles. The number of rotatable bonds is 0. The Morgan fingerprint density at radius 1 is 1.08 bits per heavy atom. The summed E-state index contributed by atoms with van der Waals surface area (Å²) in [5.41, 5.74) is -0.785. The van der Waals surface area contributed by atoms with Gasteiger partial charge in [-0.2, -0.15) is 0 Å². The molecular formula is C11H20O2. The summed E-state index contributed by atoms with van der Waals surface area (Å²) in [5, 5.41) is 20.3. The van der Waals surface area contributed by atoms with Crippen molar-refractivity contribution in [1.29, 1.82) is 0 Å². The first-order valence-corrected chi connectivity index (χ1v) is 5.49. The van der Waals surface area contributed by atoms with E-state index in [1.54, 1.807) is 0 Å². The first-order chi connectivity index (χ1) is 6.08. The molecule has 0 aromatic rings. The monoisotopic (exact) mass is 184 g/mol. The Bertz CT molecular complexity index is 200. The van der Waals surface area contributed by atoms with E-state index in [9.17, 15) is 10.2 Å². The summed E-state index contributed by atoms with van der Waals surface area (Å²) in [6, 6.07) is 0. The first-order valence-electron chi connectivity index (χ1n) is 5.49. The molecule has 0 aliphatic heterocycles. The second-order valence-electron chi connectivity index (χ2n) is 5.10. The molecule has 0 radical (unpaired) electrons. The summed E-state index contributed by atoms with van der Waals surface area (Å²) < 4.78 is 0. The third kappa shape index (κ3) is 1.23. The van der Waals surface area contributed by atoms with Crippen molar-refractivity contribution >= 4 is 0 Å². The molecule has 76 valence electrons. The summed E-state index contributed by atoms with van der Waals surface area (Å²) >= 11 is 0. The van der Waals surface area contributed by atoms with Crippen LogP contribution in [0.15, 0.2) is 0 Å². The molecule has 2 N–H and O–H groups in total. The van der Waals surface area contributed by atoms with Gasteiger partial charge in [0.1, 0.15) is 0 Å². The zero-order valence-electron chi connectivity index (χ0n) is 8.42. The molecule has 2 nitrogen and oxygen atoms in total. The van der Waals surface area contributed by atoms with Crippen LogP contribution in [-0.4, -0.2) is 21.9 Å². The van der Waals surface area contributed by atoms with Crippen LogP contribution in [0.25, 0.3) is 0 Å². The van der Waals surface area contributed by atoms with Crippen molar-refractivity contribution < 1.29 is 10.2 Å². The van der Waals surface area contributed by atoms with Gasteiger partial charge in [0.15, 0.2) is 0 Å². The fraction of sp³-hybridized carbons (Fsp3) is 1.00. The van der Waals surface area contributed by atoms with Crippen LogP contribution in [0.3, 0.4) is 0 Å². The van der Waals surface area contributed by atoms with Gasteiger partial charge in [0.05, 0.1) is 11.7 Å². The molecule has 3 atom stereocenters. The van der Waals surface area contributed by atoms with Crippen LogP contribution < -0.4 is 0 Å². The van der Waals surface area contributed by atoms with Crippen molar-refractivity contribution in [2.75, 3.05) is 0 Å². The molecule has 0 aromatic carbocycles. The van der Waals surface area contributed by atoms with Gasteiger partial charge < -0.3 is 10.2 Å². The van der Waals surface area contributed by atoms with Crippen molar-refractivity contribution in [3.63, 3.8) is 0 Å². The van der Waals surface area contributed by atoms with E-state index in [2.05, 4.69) is 6.92 Å². The topological polar surface area (TPSA) is 40.5 Å². The third-order valence-electron chi connectivity index (χ3n) is 4.34. The van der Waals surface area contributed by atoms with E-state index in [1.165, 1.54) is 6.42 Å². The number of fused-ring (bicyclic) bond motifs is 1. The van der Waals surface area contributed by atoms with Gasteiger partial charge >= 0.3 is 0 Å². The highest BCUT2D eigenvalue weighted by molar-refractivity contribution is 5.05. The Kier molecular flexibility index (Phi) is 2.16. The highest BCUT2D eigenvalue weighted by atomic mass is 16.3. The SMILES string of the molecule is C[C@@]12CCCC[C@]1(O)[C@H](O)CCC2. The van der Waals surface area contributed by atoms with Gasteiger partial charge in [-0.1, -0.05) is 26.2 Å². The number of aliphatic hydroxyl groups is 2. The molecule has 0 unspecified atom stereocenters. The number of aliphatic hydroxyl groups excluding tert-OH is 1. The molecule has 2 fully saturated rings. The minimum absolute atomic E-state index is 0.0110. The predicted octanol–water partition coefficient (Wildman–Crippen LogP) is 1.84. The van der Waals surface area contributed by atoms with E-state index in [4.69, 9.17) is 0 Å². The lowest BCUT2D eigenvalue weighted by Crippen LogP contribution is -2.59. The summed E-state index contributed by atoms with van der Waals surface area (Å²) in [4.78, 5) is 0. The fourth-order valence-corrected chi connectivity index (χ4v) is 3.26. The number of hydrogen-bond acceptors (Lipinski definition) is 2. The maximum Gasteiger partial charge on any atom is 0.0958 e. The highest BCUT2D eigenvalue weighted by Crippen LogP contribution is 2.52. The van der Waals surface area contributed by atoms with E-state index in [-0.39, 0.29) is 5.41 Å². The summed E-state index contributed by atoms with van der Waals surface area (Å²) in [6.07, 6.45) is 6.62. The molecule has 2 heteroatoms. The smallest absolute Gasteiger partial charge is 0.0958 e. The number of hydrogen-bond donors (Lipinski definition) is 2. The van der Waals surface area contributed by atoms with Gasteiger partial charge in [0.25, 0.3) is 0 Å². The largest absolute Gasteiger partial charge is 0.390 e. The molecule has 0 amide bonds. The van der Waals surface area contributed by atoms with Crippen LogP contribution in [-0.2, 0) is 0 Å². The molecule has 2 rings (SSSR count). The minimum atomic E-state index is -0.774. The Balaban J connectivity index is 2.27. The molecule has 0 heterocycles. The van der Waals surface area contributed by atoms with E-state index in [1.807, 2.05) is 0 Å².